The van der Waals surface area contributed by atoms with E-state index in [9.17, 15) is 9.59 Å². The van der Waals surface area contributed by atoms with Gasteiger partial charge in [-0.25, -0.2) is 10.3 Å². The molecule has 3 amide bonds. The summed E-state index contributed by atoms with van der Waals surface area (Å²) in [4.78, 5) is 27.6. The number of benzene rings is 2. The number of hydroxylamine groups is 1. The van der Waals surface area contributed by atoms with Crippen LogP contribution in [-0.4, -0.2) is 22.1 Å². The molecule has 0 saturated carbocycles. The van der Waals surface area contributed by atoms with Crippen molar-refractivity contribution in [2.75, 3.05) is 10.6 Å². The standard InChI is InChI=1S/C17H14N4O3/c22-16(21-24)12-8-11-9-14(6-7-15(11)18-10-12)20-17(23)19-13-4-2-1-3-5-13/h1-10,24H,(H,21,22)(H2,19,20,23). The van der Waals surface area contributed by atoms with Crippen molar-refractivity contribution in [3.8, 4) is 0 Å². The van der Waals surface area contributed by atoms with Crippen LogP contribution in [0.15, 0.2) is 60.8 Å². The molecule has 0 atom stereocenters. The van der Waals surface area contributed by atoms with E-state index in [1.54, 1.807) is 41.9 Å². The second-order valence-electron chi connectivity index (χ2n) is 5.02. The highest BCUT2D eigenvalue weighted by Crippen LogP contribution is 2.19. The van der Waals surface area contributed by atoms with Gasteiger partial charge in [-0.1, -0.05) is 18.2 Å². The first-order valence-electron chi connectivity index (χ1n) is 7.13. The molecule has 0 unspecified atom stereocenters. The summed E-state index contributed by atoms with van der Waals surface area (Å²) >= 11 is 0. The molecular formula is C17H14N4O3. The van der Waals surface area contributed by atoms with Crippen LogP contribution >= 0.6 is 0 Å². The fraction of sp³-hybridized carbons (Fsp3) is 0. The van der Waals surface area contributed by atoms with E-state index in [0.29, 0.717) is 22.3 Å². The topological polar surface area (TPSA) is 103 Å². The third-order valence-corrected chi connectivity index (χ3v) is 3.33. The van der Waals surface area contributed by atoms with Crippen molar-refractivity contribution in [1.29, 1.82) is 0 Å². The van der Waals surface area contributed by atoms with Crippen LogP contribution in [0.2, 0.25) is 0 Å². The number of amides is 3. The third kappa shape index (κ3) is 3.47. The van der Waals surface area contributed by atoms with Crippen molar-refractivity contribution >= 4 is 34.2 Å². The average molecular weight is 322 g/mol. The second kappa shape index (κ2) is 6.76. The summed E-state index contributed by atoms with van der Waals surface area (Å²) in [7, 11) is 0. The minimum atomic E-state index is -0.649. The Kier molecular flexibility index (Phi) is 4.35. The van der Waals surface area contributed by atoms with Gasteiger partial charge in [0.05, 0.1) is 11.1 Å². The molecule has 7 nitrogen and oxygen atoms in total. The van der Waals surface area contributed by atoms with Gasteiger partial charge in [-0.2, -0.15) is 0 Å². The van der Waals surface area contributed by atoms with Gasteiger partial charge < -0.3 is 10.6 Å². The molecule has 2 aromatic carbocycles. The fourth-order valence-corrected chi connectivity index (χ4v) is 2.21. The molecule has 0 bridgehead atoms. The molecule has 0 spiro atoms. The number of pyridine rings is 1. The number of rotatable bonds is 3. The van der Waals surface area contributed by atoms with Crippen molar-refractivity contribution in [3.63, 3.8) is 0 Å². The Morgan fingerprint density at radius 2 is 1.67 bits per heavy atom. The number of fused-ring (bicyclic) bond motifs is 1. The van der Waals surface area contributed by atoms with E-state index >= 15 is 0 Å². The molecule has 3 aromatic rings. The van der Waals surface area contributed by atoms with Gasteiger partial charge >= 0.3 is 6.03 Å². The van der Waals surface area contributed by atoms with Gasteiger partial charge in [0.1, 0.15) is 0 Å². The van der Waals surface area contributed by atoms with Crippen molar-refractivity contribution in [2.45, 2.75) is 0 Å². The van der Waals surface area contributed by atoms with E-state index in [0.717, 1.165) is 0 Å². The molecule has 0 aliphatic carbocycles. The predicted molar refractivity (Wildman–Crippen MR) is 90.1 cm³/mol. The molecule has 0 fully saturated rings. The highest BCUT2D eigenvalue weighted by molar-refractivity contribution is 6.01. The lowest BCUT2D eigenvalue weighted by molar-refractivity contribution is 0.0706. The summed E-state index contributed by atoms with van der Waals surface area (Å²) in [6.07, 6.45) is 1.36. The zero-order valence-electron chi connectivity index (χ0n) is 12.5. The Balaban J connectivity index is 1.79. The number of para-hydroxylation sites is 1. The lowest BCUT2D eigenvalue weighted by Crippen LogP contribution is -2.19. The lowest BCUT2D eigenvalue weighted by atomic mass is 10.1. The molecule has 0 aliphatic heterocycles. The minimum Gasteiger partial charge on any atom is -0.308 e. The van der Waals surface area contributed by atoms with E-state index in [-0.39, 0.29) is 11.6 Å². The van der Waals surface area contributed by atoms with Gasteiger partial charge in [-0.3, -0.25) is 15.0 Å². The summed E-state index contributed by atoms with van der Waals surface area (Å²) in [5.74, 6) is -0.649. The molecule has 0 aliphatic rings. The first-order valence-corrected chi connectivity index (χ1v) is 7.13. The van der Waals surface area contributed by atoms with Crippen molar-refractivity contribution < 1.29 is 14.8 Å². The highest BCUT2D eigenvalue weighted by Gasteiger charge is 2.08. The third-order valence-electron chi connectivity index (χ3n) is 3.33. The molecule has 24 heavy (non-hydrogen) atoms. The predicted octanol–water partition coefficient (Wildman–Crippen LogP) is 3.00. The van der Waals surface area contributed by atoms with Crippen LogP contribution in [0.4, 0.5) is 16.2 Å². The maximum Gasteiger partial charge on any atom is 0.323 e. The van der Waals surface area contributed by atoms with Crippen LogP contribution in [0.3, 0.4) is 0 Å². The largest absolute Gasteiger partial charge is 0.323 e. The van der Waals surface area contributed by atoms with Crippen LogP contribution in [0, 0.1) is 0 Å². The van der Waals surface area contributed by atoms with Crippen LogP contribution < -0.4 is 16.1 Å². The number of aromatic nitrogens is 1. The van der Waals surface area contributed by atoms with E-state index < -0.39 is 5.91 Å². The van der Waals surface area contributed by atoms with E-state index in [1.165, 1.54) is 6.20 Å². The highest BCUT2D eigenvalue weighted by atomic mass is 16.5. The molecule has 1 heterocycles. The monoisotopic (exact) mass is 322 g/mol. The summed E-state index contributed by atoms with van der Waals surface area (Å²) < 4.78 is 0. The summed E-state index contributed by atoms with van der Waals surface area (Å²) in [5.41, 5.74) is 3.68. The van der Waals surface area contributed by atoms with Gasteiger partial charge in [0.15, 0.2) is 0 Å². The van der Waals surface area contributed by atoms with Crippen molar-refractivity contribution in [3.05, 3.63) is 66.4 Å². The number of carbonyl (C=O) groups is 2. The molecular weight excluding hydrogens is 308 g/mol. The van der Waals surface area contributed by atoms with Crippen LogP contribution in [0.1, 0.15) is 10.4 Å². The Bertz CT molecular complexity index is 897. The zero-order chi connectivity index (χ0) is 16.9. The van der Waals surface area contributed by atoms with Gasteiger partial charge in [0.25, 0.3) is 5.91 Å². The van der Waals surface area contributed by atoms with Gasteiger partial charge in [-0.15, -0.1) is 0 Å². The maximum absolute atomic E-state index is 12.0. The van der Waals surface area contributed by atoms with Gasteiger partial charge in [-0.05, 0) is 36.4 Å². The molecule has 120 valence electrons. The lowest BCUT2D eigenvalue weighted by Gasteiger charge is -2.08. The molecule has 4 N–H and O–H groups in total. The smallest absolute Gasteiger partial charge is 0.308 e. The number of nitrogens with zero attached hydrogens (tertiary/aromatic N) is 1. The fourth-order valence-electron chi connectivity index (χ4n) is 2.21. The minimum absolute atomic E-state index is 0.218. The van der Waals surface area contributed by atoms with Gasteiger partial charge in [0.2, 0.25) is 0 Å². The molecule has 7 heteroatoms. The molecule has 3 rings (SSSR count). The number of hydrogen-bond donors (Lipinski definition) is 4. The molecule has 0 radical (unpaired) electrons. The Hall–Kier alpha value is -3.45. The number of anilines is 2. The van der Waals surface area contributed by atoms with Crippen LogP contribution in [0.25, 0.3) is 10.9 Å². The normalized spacial score (nSPS) is 10.2. The first-order chi connectivity index (χ1) is 11.7. The summed E-state index contributed by atoms with van der Waals surface area (Å²) in [6, 6.07) is 15.4. The van der Waals surface area contributed by atoms with E-state index in [1.807, 2.05) is 18.2 Å². The van der Waals surface area contributed by atoms with E-state index in [2.05, 4.69) is 15.6 Å². The average Bonchev–Trinajstić information content (AvgIpc) is 2.61. The molecule has 0 saturated heterocycles. The van der Waals surface area contributed by atoms with Crippen molar-refractivity contribution in [1.82, 2.24) is 10.5 Å². The number of urea groups is 1. The SMILES string of the molecule is O=C(Nc1ccccc1)Nc1ccc2ncc(C(=O)NO)cc2c1. The number of carbonyl (C=O) groups excluding carboxylic acids is 2. The van der Waals surface area contributed by atoms with Crippen LogP contribution in [0.5, 0.6) is 0 Å². The Morgan fingerprint density at radius 3 is 2.42 bits per heavy atom. The van der Waals surface area contributed by atoms with Gasteiger partial charge in [0, 0.05) is 23.0 Å². The quantitative estimate of drug-likeness (QED) is 0.439. The molecule has 1 aromatic heterocycles. The number of hydrogen-bond acceptors (Lipinski definition) is 4. The summed E-state index contributed by atoms with van der Waals surface area (Å²) in [6.45, 7) is 0. The van der Waals surface area contributed by atoms with Crippen LogP contribution in [-0.2, 0) is 0 Å². The second-order valence-corrected chi connectivity index (χ2v) is 5.02. The zero-order valence-corrected chi connectivity index (χ0v) is 12.5. The van der Waals surface area contributed by atoms with Crippen molar-refractivity contribution in [2.24, 2.45) is 0 Å². The Labute approximate surface area is 137 Å². The first kappa shape index (κ1) is 15.4. The maximum atomic E-state index is 12.0. The van der Waals surface area contributed by atoms with E-state index in [4.69, 9.17) is 5.21 Å². The number of nitrogens with one attached hydrogen (secondary N) is 3. The Morgan fingerprint density at radius 1 is 0.917 bits per heavy atom. The summed E-state index contributed by atoms with van der Waals surface area (Å²) in [5, 5.41) is 14.8.